The molecule has 0 aliphatic carbocycles. The molecule has 0 radical (unpaired) electrons. The van der Waals surface area contributed by atoms with Crippen molar-refractivity contribution in [2.45, 2.75) is 31.0 Å². The molecule has 2 unspecified atom stereocenters. The number of benzene rings is 1. The molecule has 2 amide bonds. The summed E-state index contributed by atoms with van der Waals surface area (Å²) in [6.45, 7) is 1.70. The number of aliphatic hydroxyl groups is 4. The highest BCUT2D eigenvalue weighted by atomic mass is 16.6. The van der Waals surface area contributed by atoms with E-state index in [0.717, 1.165) is 13.0 Å². The largest absolute Gasteiger partial charge is 0.375 e. The molecule has 2 heterocycles. The van der Waals surface area contributed by atoms with Crippen LogP contribution in [0, 0.1) is 17.0 Å². The summed E-state index contributed by atoms with van der Waals surface area (Å²) >= 11 is 0. The maximum absolute atomic E-state index is 13.0. The second-order valence-corrected chi connectivity index (χ2v) is 6.43. The number of nitro groups is 1. The first kappa shape index (κ1) is 19.5. The highest BCUT2D eigenvalue weighted by Crippen LogP contribution is 2.38. The van der Waals surface area contributed by atoms with E-state index in [4.69, 9.17) is 0 Å². The van der Waals surface area contributed by atoms with Gasteiger partial charge in [-0.15, -0.1) is 0 Å². The van der Waals surface area contributed by atoms with Crippen molar-refractivity contribution in [2.24, 2.45) is 0 Å². The molecular formula is C15H14N4O9. The van der Waals surface area contributed by atoms with Crippen molar-refractivity contribution >= 4 is 28.4 Å². The summed E-state index contributed by atoms with van der Waals surface area (Å²) in [6.07, 6.45) is 0. The number of rotatable bonds is 2. The Morgan fingerprint density at radius 2 is 1.75 bits per heavy atom. The van der Waals surface area contributed by atoms with Gasteiger partial charge in [0.2, 0.25) is 0 Å². The van der Waals surface area contributed by atoms with E-state index in [1.165, 1.54) is 17.4 Å². The Labute approximate surface area is 154 Å². The Bertz CT molecular complexity index is 1120. The predicted octanol–water partition coefficient (Wildman–Crippen LogP) is -2.65. The number of aromatic nitrogens is 2. The minimum atomic E-state index is -3.90. The number of aryl methyl sites for hydroxylation is 1. The van der Waals surface area contributed by atoms with E-state index in [9.17, 15) is 44.9 Å². The van der Waals surface area contributed by atoms with Gasteiger partial charge in [-0.25, -0.2) is 4.98 Å². The van der Waals surface area contributed by atoms with Crippen molar-refractivity contribution in [3.8, 4) is 0 Å². The predicted molar refractivity (Wildman–Crippen MR) is 88.5 cm³/mol. The first-order chi connectivity index (χ1) is 12.8. The van der Waals surface area contributed by atoms with Crippen molar-refractivity contribution in [2.75, 3.05) is 0 Å². The lowest BCUT2D eigenvalue weighted by Crippen LogP contribution is -2.81. The minimum Gasteiger partial charge on any atom is -0.375 e. The summed E-state index contributed by atoms with van der Waals surface area (Å²) in [5, 5.41) is 53.9. The lowest BCUT2D eigenvalue weighted by atomic mass is 9.80. The third-order valence-electron chi connectivity index (χ3n) is 4.71. The van der Waals surface area contributed by atoms with Crippen LogP contribution < -0.4 is 10.9 Å². The molecule has 1 aliphatic heterocycles. The van der Waals surface area contributed by atoms with E-state index in [2.05, 4.69) is 4.98 Å². The number of piperidine rings is 1. The van der Waals surface area contributed by atoms with Gasteiger partial charge in [0.05, 0.1) is 10.4 Å². The lowest BCUT2D eigenvalue weighted by molar-refractivity contribution is -0.383. The van der Waals surface area contributed by atoms with Gasteiger partial charge in [0.1, 0.15) is 11.2 Å². The van der Waals surface area contributed by atoms with Crippen LogP contribution in [0.1, 0.15) is 12.7 Å². The average Bonchev–Trinajstić information content (AvgIpc) is 2.59. The van der Waals surface area contributed by atoms with Gasteiger partial charge >= 0.3 is 0 Å². The molecule has 148 valence electrons. The summed E-state index contributed by atoms with van der Waals surface area (Å²) in [6, 6.07) is 3.49. The topological polar surface area (TPSA) is 205 Å². The normalized spacial score (nSPS) is 26.9. The zero-order valence-electron chi connectivity index (χ0n) is 14.4. The molecule has 0 saturated carbocycles. The molecule has 0 bridgehead atoms. The number of nitrogens with one attached hydrogen (secondary N) is 1. The number of fused-ring (bicyclic) bond motifs is 1. The number of hydrogen-bond donors (Lipinski definition) is 5. The first-order valence-corrected chi connectivity index (χ1v) is 7.71. The molecule has 5 N–H and O–H groups in total. The Hall–Kier alpha value is -3.26. The highest BCUT2D eigenvalue weighted by molar-refractivity contribution is 6.06. The molecule has 0 spiro atoms. The number of hydrogen-bond acceptors (Lipinski definition) is 10. The fraction of sp³-hybridized carbons (Fsp3) is 0.333. The monoisotopic (exact) mass is 394 g/mol. The zero-order valence-corrected chi connectivity index (χ0v) is 14.4. The quantitative estimate of drug-likeness (QED) is 0.155. The van der Waals surface area contributed by atoms with Crippen molar-refractivity contribution in [3.05, 3.63) is 44.5 Å². The van der Waals surface area contributed by atoms with Crippen LogP contribution in [0.5, 0.6) is 0 Å². The van der Waals surface area contributed by atoms with Gasteiger partial charge in [-0.2, -0.15) is 0 Å². The third kappa shape index (κ3) is 2.15. The summed E-state index contributed by atoms with van der Waals surface area (Å²) in [4.78, 5) is 51.4. The molecule has 28 heavy (non-hydrogen) atoms. The van der Waals surface area contributed by atoms with Gasteiger partial charge in [0.15, 0.2) is 5.60 Å². The number of amides is 2. The van der Waals surface area contributed by atoms with Gasteiger partial charge in [-0.3, -0.25) is 34.4 Å². The van der Waals surface area contributed by atoms with Crippen LogP contribution in [0.3, 0.4) is 0 Å². The Morgan fingerprint density at radius 3 is 2.32 bits per heavy atom. The molecule has 13 heteroatoms. The van der Waals surface area contributed by atoms with E-state index in [1.807, 2.05) is 0 Å². The molecule has 1 aromatic heterocycles. The van der Waals surface area contributed by atoms with Gasteiger partial charge in [0, 0.05) is 6.07 Å². The summed E-state index contributed by atoms with van der Waals surface area (Å²) < 4.78 is 0.0819. The van der Waals surface area contributed by atoms with Crippen molar-refractivity contribution in [1.29, 1.82) is 0 Å². The molecule has 13 nitrogen and oxygen atoms in total. The standard InChI is InChI=1S/C15H14N4O9/c1-6-16-7-4-3-5-8(19(27)28)9(7)10(20)18(6)14(24)12(22)17-11(21)13(2,23)15(14,25)26/h3-5,23-26H,1-2H3,(H,17,21,22). The molecule has 2 aromatic rings. The fourth-order valence-electron chi connectivity index (χ4n) is 3.08. The zero-order chi connectivity index (χ0) is 21.2. The Kier molecular flexibility index (Phi) is 3.91. The summed E-state index contributed by atoms with van der Waals surface area (Å²) in [5.41, 5.74) is -9.02. The number of carbonyl (C=O) groups is 2. The Morgan fingerprint density at radius 1 is 1.14 bits per heavy atom. The van der Waals surface area contributed by atoms with Gasteiger partial charge in [-0.1, -0.05) is 6.07 Å². The molecule has 3 rings (SSSR count). The fourth-order valence-corrected chi connectivity index (χ4v) is 3.08. The third-order valence-corrected chi connectivity index (χ3v) is 4.71. The van der Waals surface area contributed by atoms with Crippen LogP contribution >= 0.6 is 0 Å². The van der Waals surface area contributed by atoms with E-state index >= 15 is 0 Å². The van der Waals surface area contributed by atoms with E-state index in [-0.39, 0.29) is 10.1 Å². The van der Waals surface area contributed by atoms with Crippen LogP contribution in [-0.2, 0) is 15.3 Å². The summed E-state index contributed by atoms with van der Waals surface area (Å²) in [7, 11) is 0. The van der Waals surface area contributed by atoms with Gasteiger partial charge in [-0.05, 0) is 19.9 Å². The second-order valence-electron chi connectivity index (χ2n) is 6.43. The average molecular weight is 394 g/mol. The molecule has 1 fully saturated rings. The number of carbonyl (C=O) groups excluding carboxylic acids is 2. The van der Waals surface area contributed by atoms with Crippen molar-refractivity contribution < 1.29 is 34.9 Å². The molecule has 1 aromatic carbocycles. The molecular weight excluding hydrogens is 380 g/mol. The van der Waals surface area contributed by atoms with Gasteiger partial charge < -0.3 is 20.4 Å². The number of nitrogens with zero attached hydrogens (tertiary/aromatic N) is 3. The molecule has 1 saturated heterocycles. The number of imide groups is 1. The number of non-ortho nitro benzene ring substituents is 1. The van der Waals surface area contributed by atoms with E-state index < -0.39 is 56.3 Å². The lowest BCUT2D eigenvalue weighted by Gasteiger charge is -2.48. The maximum Gasteiger partial charge on any atom is 0.286 e. The number of nitro benzene ring substituents is 1. The minimum absolute atomic E-state index is 0.0819. The molecule has 2 atom stereocenters. The van der Waals surface area contributed by atoms with Crippen molar-refractivity contribution in [3.63, 3.8) is 0 Å². The van der Waals surface area contributed by atoms with Crippen LogP contribution in [0.25, 0.3) is 10.9 Å². The van der Waals surface area contributed by atoms with Gasteiger partial charge in [0.25, 0.3) is 34.6 Å². The van der Waals surface area contributed by atoms with Crippen LogP contribution in [0.15, 0.2) is 23.0 Å². The summed E-state index contributed by atoms with van der Waals surface area (Å²) in [5.74, 6) is -7.64. The molecule has 1 aliphatic rings. The van der Waals surface area contributed by atoms with Crippen molar-refractivity contribution in [1.82, 2.24) is 14.9 Å². The first-order valence-electron chi connectivity index (χ1n) is 7.71. The van der Waals surface area contributed by atoms with E-state index in [1.54, 1.807) is 0 Å². The van der Waals surface area contributed by atoms with E-state index in [0.29, 0.717) is 6.92 Å². The second kappa shape index (κ2) is 5.62. The smallest absolute Gasteiger partial charge is 0.286 e. The highest BCUT2D eigenvalue weighted by Gasteiger charge is 2.72. The SMILES string of the molecule is Cc1nc2cccc([N+](=O)[O-])c2c(=O)n1C1(O)C(=O)NC(=O)C(C)(O)C1(O)O. The van der Waals surface area contributed by atoms with Crippen LogP contribution in [0.4, 0.5) is 5.69 Å². The van der Waals surface area contributed by atoms with Crippen LogP contribution in [-0.4, -0.2) is 58.1 Å². The Balaban J connectivity index is 2.48. The van der Waals surface area contributed by atoms with Crippen LogP contribution in [0.2, 0.25) is 0 Å². The maximum atomic E-state index is 13.0.